The summed E-state index contributed by atoms with van der Waals surface area (Å²) in [6.45, 7) is 4.54. The molecule has 1 unspecified atom stereocenters. The van der Waals surface area contributed by atoms with Gasteiger partial charge < -0.3 is 9.84 Å². The number of carbonyl (C=O) groups excluding carboxylic acids is 2. The van der Waals surface area contributed by atoms with Crippen molar-refractivity contribution in [3.05, 3.63) is 94.8 Å². The molecule has 6 nitrogen and oxygen atoms in total. The Balaban J connectivity index is 1.68. The number of carbonyl (C=O) groups is 2. The van der Waals surface area contributed by atoms with Gasteiger partial charge in [-0.2, -0.15) is 0 Å². The second-order valence-electron chi connectivity index (χ2n) is 8.75. The predicted molar refractivity (Wildman–Crippen MR) is 142 cm³/mol. The highest BCUT2D eigenvalue weighted by molar-refractivity contribution is 7.22. The van der Waals surface area contributed by atoms with E-state index in [-0.39, 0.29) is 16.5 Å². The number of benzene rings is 3. The molecule has 0 saturated carbocycles. The van der Waals surface area contributed by atoms with Gasteiger partial charge in [-0.25, -0.2) is 9.37 Å². The van der Waals surface area contributed by atoms with E-state index in [0.29, 0.717) is 33.7 Å². The first-order valence-electron chi connectivity index (χ1n) is 12.1. The number of thiazole rings is 1. The molecule has 5 rings (SSSR count). The molecule has 1 amide bonds. The molecule has 188 valence electrons. The highest BCUT2D eigenvalue weighted by Crippen LogP contribution is 2.44. The maximum Gasteiger partial charge on any atom is 0.301 e. The monoisotopic (exact) mass is 516 g/mol. The van der Waals surface area contributed by atoms with Crippen LogP contribution in [0, 0.1) is 5.82 Å². The number of nitrogens with zero attached hydrogens (tertiary/aromatic N) is 2. The maximum absolute atomic E-state index is 13.8. The Morgan fingerprint density at radius 1 is 1.08 bits per heavy atom. The Kier molecular flexibility index (Phi) is 6.76. The molecular formula is C29H25FN2O4S. The lowest BCUT2D eigenvalue weighted by atomic mass is 9.94. The molecule has 1 atom stereocenters. The third-order valence-electron chi connectivity index (χ3n) is 6.27. The Morgan fingerprint density at radius 2 is 1.86 bits per heavy atom. The Labute approximate surface area is 217 Å². The first-order chi connectivity index (χ1) is 17.9. The summed E-state index contributed by atoms with van der Waals surface area (Å²) in [6, 6.07) is 17.7. The van der Waals surface area contributed by atoms with Crippen molar-refractivity contribution in [2.45, 2.75) is 32.7 Å². The van der Waals surface area contributed by atoms with E-state index in [2.05, 4.69) is 4.98 Å². The van der Waals surface area contributed by atoms with Gasteiger partial charge in [-0.05, 0) is 54.3 Å². The zero-order valence-corrected chi connectivity index (χ0v) is 21.2. The fourth-order valence-corrected chi connectivity index (χ4v) is 5.40. The number of aliphatic hydroxyl groups excluding tert-OH is 1. The van der Waals surface area contributed by atoms with Crippen molar-refractivity contribution in [1.29, 1.82) is 0 Å². The number of Topliss-reactive ketones (excluding diaryl/α,β-unsaturated/α-hetero) is 1. The first kappa shape index (κ1) is 24.6. The lowest BCUT2D eigenvalue weighted by Gasteiger charge is -2.23. The number of aliphatic hydroxyl groups is 1. The van der Waals surface area contributed by atoms with Gasteiger partial charge in [0.25, 0.3) is 5.78 Å². The normalized spacial score (nSPS) is 17.1. The number of rotatable bonds is 7. The zero-order chi connectivity index (χ0) is 26.1. The van der Waals surface area contributed by atoms with E-state index in [4.69, 9.17) is 4.74 Å². The minimum absolute atomic E-state index is 0.0349. The lowest BCUT2D eigenvalue weighted by Crippen LogP contribution is -2.29. The van der Waals surface area contributed by atoms with Crippen molar-refractivity contribution >= 4 is 44.1 Å². The van der Waals surface area contributed by atoms with Gasteiger partial charge in [0.2, 0.25) is 0 Å². The third-order valence-corrected chi connectivity index (χ3v) is 7.29. The largest absolute Gasteiger partial charge is 0.507 e. The third kappa shape index (κ3) is 4.60. The number of aromatic nitrogens is 1. The maximum atomic E-state index is 13.8. The molecule has 1 saturated heterocycles. The molecule has 1 fully saturated rings. The van der Waals surface area contributed by atoms with Crippen LogP contribution in [-0.4, -0.2) is 28.4 Å². The number of amides is 1. The standard InChI is InChI=1S/C29H25FN2O4S/c1-3-14-36-21-7-5-6-19(15-21)26(33)24-25(18-10-8-17(4-2)9-11-18)32(28(35)27(24)34)29-31-22-13-12-20(30)16-23(22)37-29/h5-13,15-16,25,33H,3-4,14H2,1-2H3/b26-24+. The van der Waals surface area contributed by atoms with Crippen LogP contribution in [0.2, 0.25) is 0 Å². The number of ether oxygens (including phenoxy) is 1. The fourth-order valence-electron chi connectivity index (χ4n) is 4.38. The minimum Gasteiger partial charge on any atom is -0.507 e. The van der Waals surface area contributed by atoms with E-state index in [1.54, 1.807) is 24.3 Å². The van der Waals surface area contributed by atoms with E-state index in [1.165, 1.54) is 23.1 Å². The average Bonchev–Trinajstić information content (AvgIpc) is 3.44. The summed E-state index contributed by atoms with van der Waals surface area (Å²) in [7, 11) is 0. The molecule has 1 aliphatic rings. The van der Waals surface area contributed by atoms with Crippen molar-refractivity contribution in [2.24, 2.45) is 0 Å². The predicted octanol–water partition coefficient (Wildman–Crippen LogP) is 6.41. The van der Waals surface area contributed by atoms with Gasteiger partial charge >= 0.3 is 5.91 Å². The molecule has 0 radical (unpaired) electrons. The minimum atomic E-state index is -0.906. The summed E-state index contributed by atoms with van der Waals surface area (Å²) in [5.74, 6) is -1.77. The van der Waals surface area contributed by atoms with E-state index >= 15 is 0 Å². The van der Waals surface area contributed by atoms with Crippen LogP contribution in [0.4, 0.5) is 9.52 Å². The Bertz CT molecular complexity index is 1530. The molecule has 4 aromatic rings. The molecule has 1 N–H and O–H groups in total. The van der Waals surface area contributed by atoms with Crippen molar-refractivity contribution in [2.75, 3.05) is 11.5 Å². The topological polar surface area (TPSA) is 79.7 Å². The molecule has 0 spiro atoms. The number of aryl methyl sites for hydroxylation is 1. The molecule has 3 aromatic carbocycles. The highest BCUT2D eigenvalue weighted by atomic mass is 32.1. The van der Waals surface area contributed by atoms with Crippen LogP contribution in [0.3, 0.4) is 0 Å². The number of hydrogen-bond donors (Lipinski definition) is 1. The highest BCUT2D eigenvalue weighted by Gasteiger charge is 2.48. The van der Waals surface area contributed by atoms with Crippen LogP contribution in [0.15, 0.2) is 72.3 Å². The smallest absolute Gasteiger partial charge is 0.301 e. The van der Waals surface area contributed by atoms with Gasteiger partial charge in [0.05, 0.1) is 28.4 Å². The summed E-state index contributed by atoms with van der Waals surface area (Å²) >= 11 is 1.12. The zero-order valence-electron chi connectivity index (χ0n) is 20.4. The summed E-state index contributed by atoms with van der Waals surface area (Å²) in [5.41, 5.74) is 2.60. The van der Waals surface area contributed by atoms with Crippen LogP contribution in [0.25, 0.3) is 16.0 Å². The molecule has 37 heavy (non-hydrogen) atoms. The van der Waals surface area contributed by atoms with Crippen molar-refractivity contribution in [1.82, 2.24) is 4.98 Å². The Morgan fingerprint density at radius 3 is 2.59 bits per heavy atom. The fraction of sp³-hybridized carbons (Fsp3) is 0.207. The number of hydrogen-bond acceptors (Lipinski definition) is 6. The SMILES string of the molecule is CCCOc1cccc(/C(O)=C2\C(=O)C(=O)N(c3nc4ccc(F)cc4s3)C2c2ccc(CC)cc2)c1. The molecule has 1 aromatic heterocycles. The van der Waals surface area contributed by atoms with Crippen LogP contribution >= 0.6 is 11.3 Å². The van der Waals surface area contributed by atoms with Crippen LogP contribution in [0.1, 0.15) is 43.0 Å². The second kappa shape index (κ2) is 10.1. The van der Waals surface area contributed by atoms with Gasteiger partial charge in [0.15, 0.2) is 5.13 Å². The van der Waals surface area contributed by atoms with Gasteiger partial charge in [0, 0.05) is 5.56 Å². The van der Waals surface area contributed by atoms with Gasteiger partial charge in [-0.15, -0.1) is 0 Å². The molecule has 0 bridgehead atoms. The van der Waals surface area contributed by atoms with Crippen LogP contribution in [-0.2, 0) is 16.0 Å². The van der Waals surface area contributed by atoms with E-state index in [1.807, 2.05) is 38.1 Å². The second-order valence-corrected chi connectivity index (χ2v) is 9.76. The van der Waals surface area contributed by atoms with Gasteiger partial charge in [-0.1, -0.05) is 61.6 Å². The number of halogens is 1. The van der Waals surface area contributed by atoms with Gasteiger partial charge in [0.1, 0.15) is 17.3 Å². The van der Waals surface area contributed by atoms with Crippen molar-refractivity contribution in [3.8, 4) is 5.75 Å². The average molecular weight is 517 g/mol. The quantitative estimate of drug-likeness (QED) is 0.174. The molecule has 8 heteroatoms. The van der Waals surface area contributed by atoms with Crippen molar-refractivity contribution < 1.29 is 23.8 Å². The number of ketones is 1. The molecule has 2 heterocycles. The summed E-state index contributed by atoms with van der Waals surface area (Å²) < 4.78 is 20.1. The van der Waals surface area contributed by atoms with Crippen LogP contribution < -0.4 is 9.64 Å². The van der Waals surface area contributed by atoms with Crippen LogP contribution in [0.5, 0.6) is 5.75 Å². The molecule has 0 aliphatic carbocycles. The molecule has 1 aliphatic heterocycles. The first-order valence-corrected chi connectivity index (χ1v) is 12.9. The molecular weight excluding hydrogens is 491 g/mol. The number of fused-ring (bicyclic) bond motifs is 1. The Hall–Kier alpha value is -4.04. The van der Waals surface area contributed by atoms with E-state index < -0.39 is 23.5 Å². The summed E-state index contributed by atoms with van der Waals surface area (Å²) in [6.07, 6.45) is 1.65. The number of anilines is 1. The van der Waals surface area contributed by atoms with E-state index in [0.717, 1.165) is 29.7 Å². The van der Waals surface area contributed by atoms with Gasteiger partial charge in [-0.3, -0.25) is 14.5 Å². The summed E-state index contributed by atoms with van der Waals surface area (Å²) in [5, 5.41) is 11.6. The van der Waals surface area contributed by atoms with E-state index in [9.17, 15) is 19.1 Å². The van der Waals surface area contributed by atoms with Crippen molar-refractivity contribution in [3.63, 3.8) is 0 Å². The summed E-state index contributed by atoms with van der Waals surface area (Å²) in [4.78, 5) is 32.6. The lowest BCUT2D eigenvalue weighted by molar-refractivity contribution is -0.132.